The molecule has 6 N–H and O–H groups in total. The summed E-state index contributed by atoms with van der Waals surface area (Å²) < 4.78 is 82.5. The molecule has 0 bridgehead atoms. The Morgan fingerprint density at radius 1 is 0.518 bits per heavy atom. The first-order valence-corrected chi connectivity index (χ1v) is 36.3. The van der Waals surface area contributed by atoms with Crippen molar-refractivity contribution in [2.75, 3.05) is 19.7 Å². The molecule has 3 heterocycles. The molecule has 6 aromatic rings. The summed E-state index contributed by atoms with van der Waals surface area (Å²) in [6.07, 6.45) is -29.7. The van der Waals surface area contributed by atoms with E-state index in [1.807, 2.05) is 42.5 Å². The maximum absolute atomic E-state index is 15.7. The number of hydrogen-bond acceptors (Lipinski definition) is 25. The molecule has 10 rings (SSSR count). The van der Waals surface area contributed by atoms with E-state index in [0.29, 0.717) is 27.8 Å². The van der Waals surface area contributed by atoms with Gasteiger partial charge in [-0.3, -0.25) is 19.3 Å². The van der Waals surface area contributed by atoms with Crippen molar-refractivity contribution in [2.45, 2.75) is 202 Å². The van der Waals surface area contributed by atoms with E-state index in [9.17, 15) is 51.1 Å². The van der Waals surface area contributed by atoms with Crippen molar-refractivity contribution in [1.29, 1.82) is 0 Å². The minimum Gasteiger partial charge on any atom is -0.463 e. The zero-order valence-electron chi connectivity index (χ0n) is 61.4. The Kier molecular flexibility index (Phi) is 31.6. The molecule has 112 heavy (non-hydrogen) atoms. The molecule has 4 aliphatic rings. The summed E-state index contributed by atoms with van der Waals surface area (Å²) in [6, 6.07) is 45.6. The SMILES string of the molecule is CC(=O)OC[C@H]1O[C@@H](O[C@@H]2[C@@H](O)[C@H](NC(=O)C(CCNC(=O)OCc3ccccc3)OCc3ccccc3)[C@@H](OCc3ccccc3)[C@H](NC(=O)OCc3ccccc3)[C@H]2O[C@H]2O[C@H]([C@@H](C)N(Cc3ccccc3)C(=O)OCc3ccccc3)CC[C@H]2N=[N+]=[N-])[C@H](OC(C)=O)[C@@H]1O[C@H]1O[C@@H](CN=[N+]=[N-])[C@H](O)[C@H](O)[C@H]1N=[N+]=[N-]. The lowest BCUT2D eigenvalue weighted by molar-refractivity contribution is -0.303. The molecular weight excluding hydrogens is 1460 g/mol. The van der Waals surface area contributed by atoms with Gasteiger partial charge in [0.25, 0.3) is 0 Å². The average Bonchev–Trinajstić information content (AvgIpc) is 1.33. The van der Waals surface area contributed by atoms with Gasteiger partial charge >= 0.3 is 30.2 Å². The molecule has 3 saturated heterocycles. The van der Waals surface area contributed by atoms with E-state index in [0.717, 1.165) is 19.4 Å². The molecule has 0 spiro atoms. The molecule has 4 fully saturated rings. The minimum absolute atomic E-state index is 0.00318. The Morgan fingerprint density at radius 3 is 1.61 bits per heavy atom. The van der Waals surface area contributed by atoms with E-state index >= 15 is 9.59 Å². The van der Waals surface area contributed by atoms with E-state index in [1.165, 1.54) is 4.90 Å². The summed E-state index contributed by atoms with van der Waals surface area (Å²) in [7, 11) is 0. The molecule has 35 heteroatoms. The normalized spacial score (nSPS) is 26.4. The fourth-order valence-electron chi connectivity index (χ4n) is 13.3. The zero-order valence-corrected chi connectivity index (χ0v) is 61.4. The van der Waals surface area contributed by atoms with Crippen LogP contribution >= 0.6 is 0 Å². The third-order valence-electron chi connectivity index (χ3n) is 19.0. The molecule has 0 aromatic heterocycles. The molecule has 35 nitrogen and oxygen atoms in total. The van der Waals surface area contributed by atoms with Crippen LogP contribution in [0.4, 0.5) is 14.4 Å². The molecule has 3 aliphatic heterocycles. The highest BCUT2D eigenvalue weighted by atomic mass is 16.8. The topological polar surface area (TPSA) is 469 Å². The highest BCUT2D eigenvalue weighted by molar-refractivity contribution is 5.81. The van der Waals surface area contributed by atoms with Crippen LogP contribution < -0.4 is 16.0 Å². The number of nitrogens with one attached hydrogen (secondary N) is 3. The van der Waals surface area contributed by atoms with Gasteiger partial charge in [-0.2, -0.15) is 0 Å². The van der Waals surface area contributed by atoms with E-state index in [4.69, 9.17) is 61.6 Å². The number of aliphatic hydroxyl groups excluding tert-OH is 3. The first-order chi connectivity index (χ1) is 54.4. The summed E-state index contributed by atoms with van der Waals surface area (Å²) in [6.45, 7) is 1.27. The van der Waals surface area contributed by atoms with E-state index in [-0.39, 0.29) is 65.4 Å². The smallest absolute Gasteiger partial charge is 0.410 e. The maximum atomic E-state index is 15.7. The fourth-order valence-corrected chi connectivity index (χ4v) is 13.3. The number of alkyl carbamates (subject to hydrolysis) is 2. The molecule has 1 unspecified atom stereocenters. The van der Waals surface area contributed by atoms with Crippen LogP contribution in [0.2, 0.25) is 0 Å². The number of carbonyl (C=O) groups is 6. The first kappa shape index (κ1) is 83.5. The number of amides is 4. The molecule has 594 valence electrons. The number of ether oxygens (including phenoxy) is 13. The van der Waals surface area contributed by atoms with Gasteiger partial charge in [-0.15, -0.1) is 0 Å². The number of carbonyl (C=O) groups excluding carboxylic acids is 6. The molecule has 20 atom stereocenters. The third-order valence-corrected chi connectivity index (χ3v) is 19.0. The van der Waals surface area contributed by atoms with Crippen LogP contribution in [0.3, 0.4) is 0 Å². The van der Waals surface area contributed by atoms with Crippen molar-refractivity contribution in [3.05, 3.63) is 247 Å². The third kappa shape index (κ3) is 23.8. The van der Waals surface area contributed by atoms with Crippen molar-refractivity contribution >= 4 is 36.1 Å². The van der Waals surface area contributed by atoms with Crippen LogP contribution in [0.1, 0.15) is 73.4 Å². The van der Waals surface area contributed by atoms with Gasteiger partial charge in [-0.25, -0.2) is 14.4 Å². The lowest BCUT2D eigenvalue weighted by atomic mass is 9.80. The molecule has 4 amide bonds. The number of esters is 2. The summed E-state index contributed by atoms with van der Waals surface area (Å²) in [5.41, 5.74) is 33.3. The van der Waals surface area contributed by atoms with Crippen LogP contribution in [0.25, 0.3) is 31.3 Å². The number of nitrogens with zero attached hydrogens (tertiary/aromatic N) is 10. The van der Waals surface area contributed by atoms with Crippen LogP contribution in [0, 0.1) is 0 Å². The summed E-state index contributed by atoms with van der Waals surface area (Å²) >= 11 is 0. The maximum Gasteiger partial charge on any atom is 0.410 e. The molecular formula is C77H89N13O22. The minimum atomic E-state index is -2.20. The Hall–Kier alpha value is -11.0. The largest absolute Gasteiger partial charge is 0.463 e. The van der Waals surface area contributed by atoms with Gasteiger partial charge in [0.15, 0.2) is 25.0 Å². The Labute approximate surface area is 643 Å². The molecule has 1 aliphatic carbocycles. The first-order valence-electron chi connectivity index (χ1n) is 36.3. The van der Waals surface area contributed by atoms with Gasteiger partial charge in [-0.1, -0.05) is 197 Å². The summed E-state index contributed by atoms with van der Waals surface area (Å²) in [5, 5.41) is 56.2. The average molecular weight is 1550 g/mol. The van der Waals surface area contributed by atoms with Crippen LogP contribution in [-0.2, 0) is 116 Å². The second-order valence-corrected chi connectivity index (χ2v) is 26.7. The number of azide groups is 3. The molecule has 6 aromatic carbocycles. The Bertz CT molecular complexity index is 4140. The summed E-state index contributed by atoms with van der Waals surface area (Å²) in [5.74, 6) is -2.82. The zero-order chi connectivity index (χ0) is 79.3. The lowest BCUT2D eigenvalue weighted by Crippen LogP contribution is -2.74. The van der Waals surface area contributed by atoms with Crippen molar-refractivity contribution in [3.8, 4) is 0 Å². The highest BCUT2D eigenvalue weighted by Gasteiger charge is 2.60. The molecule has 1 saturated carbocycles. The highest BCUT2D eigenvalue weighted by Crippen LogP contribution is 2.40. The van der Waals surface area contributed by atoms with Gasteiger partial charge < -0.3 is 92.8 Å². The van der Waals surface area contributed by atoms with Gasteiger partial charge in [0.2, 0.25) is 5.91 Å². The van der Waals surface area contributed by atoms with Gasteiger partial charge in [0, 0.05) is 48.1 Å². The van der Waals surface area contributed by atoms with Crippen molar-refractivity contribution in [2.24, 2.45) is 15.3 Å². The van der Waals surface area contributed by atoms with Crippen LogP contribution in [0.15, 0.2) is 197 Å². The second kappa shape index (κ2) is 42.4. The number of benzene rings is 6. The number of rotatable bonds is 35. The summed E-state index contributed by atoms with van der Waals surface area (Å²) in [4.78, 5) is 95.3. The lowest BCUT2D eigenvalue weighted by Gasteiger charge is -2.51. The van der Waals surface area contributed by atoms with E-state index < -0.39 is 172 Å². The quantitative estimate of drug-likeness (QED) is 0.00711. The van der Waals surface area contributed by atoms with Crippen LogP contribution in [-0.4, -0.2) is 198 Å². The van der Waals surface area contributed by atoms with Gasteiger partial charge in [0.1, 0.15) is 81.3 Å². The molecule has 0 radical (unpaired) electrons. The van der Waals surface area contributed by atoms with Crippen molar-refractivity contribution < 1.29 is 106 Å². The standard InChI is InChI=1S/C77H89N13O22/c1-46(90(39-49-22-10-4-11-23-49)77(99)105-44-54-32-20-9-21-33-54)56-35-34-55(85-88-79)72(107-56)111-68-62(84-76(98)104-43-53-30-18-8-19-31-53)67(102-41-51-26-14-6-15-27-51)60(83-71(96)57(101-40-50-24-12-5-13-25-50)36-37-81-75(97)103-42-52-28-16-7-17-29-52)65(95)69(68)112-74-70(106-48(3)92)66(59(109-74)45-100-47(2)91)110-73-61(86-89-80)64(94)63(93)58(108-73)38-82-87-78/h4-33,46,55-70,72-74,93-95H,34-45H2,1-3H3,(H,81,97)(H,83,96)(H,84,98)/t46-,55-,56+,57?,58+,59-,60+,61-,62+,63+,64-,65+,66-,67-,68-,69-,70-,72-,73-,74+/m1/s1. The van der Waals surface area contributed by atoms with Crippen molar-refractivity contribution in [1.82, 2.24) is 20.9 Å². The monoisotopic (exact) mass is 1550 g/mol. The van der Waals surface area contributed by atoms with Gasteiger partial charge in [0.05, 0.1) is 62.2 Å². The predicted octanol–water partition coefficient (Wildman–Crippen LogP) is 8.85. The number of aliphatic hydroxyl groups is 3. The Balaban J connectivity index is 1.10. The van der Waals surface area contributed by atoms with Crippen molar-refractivity contribution in [3.63, 3.8) is 0 Å². The van der Waals surface area contributed by atoms with E-state index in [1.54, 1.807) is 146 Å². The van der Waals surface area contributed by atoms with E-state index in [2.05, 4.69) is 46.0 Å². The van der Waals surface area contributed by atoms with Crippen LogP contribution in [0.5, 0.6) is 0 Å². The Morgan fingerprint density at radius 2 is 1.04 bits per heavy atom. The van der Waals surface area contributed by atoms with Gasteiger partial charge in [-0.05, 0) is 69.7 Å². The fraction of sp³-hybridized carbons (Fsp3) is 0.455. The number of hydrogen-bond donors (Lipinski definition) is 6. The predicted molar refractivity (Wildman–Crippen MR) is 393 cm³/mol. The second-order valence-electron chi connectivity index (χ2n) is 26.7.